The van der Waals surface area contributed by atoms with Crippen LogP contribution >= 0.6 is 11.8 Å². The minimum Gasteiger partial charge on any atom is -0.465 e. The SMILES string of the molecule is CC(C)C[C@H](CO)N1C(=O)[C@@H]2[C@H]3C(=O)OCCC/C=C\[C@@]3(C)S[C@@]23C=CCN(Cn2nnc4ccccc42)C(=O)C13. The second-order valence-electron chi connectivity index (χ2n) is 12.1. The van der Waals surface area contributed by atoms with Gasteiger partial charge in [-0.2, -0.15) is 0 Å². The molecule has 4 aliphatic rings. The van der Waals surface area contributed by atoms with Crippen molar-refractivity contribution >= 4 is 40.6 Å². The number of hydrogen-bond donors (Lipinski definition) is 1. The summed E-state index contributed by atoms with van der Waals surface area (Å²) in [7, 11) is 0. The Morgan fingerprint density at radius 2 is 1.93 bits per heavy atom. The lowest BCUT2D eigenvalue weighted by atomic mass is 9.74. The number of carbonyl (C=O) groups excluding carboxylic acids is 3. The number of ether oxygens (including phenoxy) is 1. The van der Waals surface area contributed by atoms with E-state index in [-0.39, 0.29) is 31.0 Å². The fourth-order valence-electron chi connectivity index (χ4n) is 7.14. The Labute approximate surface area is 243 Å². The van der Waals surface area contributed by atoms with Gasteiger partial charge in [-0.25, -0.2) is 4.68 Å². The van der Waals surface area contributed by atoms with Crippen molar-refractivity contribution in [3.05, 3.63) is 48.6 Å². The number of likely N-dealkylation sites (tertiary alicyclic amines) is 1. The van der Waals surface area contributed by atoms with Crippen LogP contribution in [0.2, 0.25) is 0 Å². The van der Waals surface area contributed by atoms with E-state index in [4.69, 9.17) is 4.74 Å². The van der Waals surface area contributed by atoms with E-state index >= 15 is 0 Å². The minimum atomic E-state index is -1.00. The van der Waals surface area contributed by atoms with Gasteiger partial charge in [0, 0.05) is 11.3 Å². The number of benzene rings is 1. The molecule has 218 valence electrons. The number of esters is 1. The van der Waals surface area contributed by atoms with E-state index in [1.807, 2.05) is 63.3 Å². The van der Waals surface area contributed by atoms with Crippen molar-refractivity contribution in [2.24, 2.45) is 17.8 Å². The third-order valence-electron chi connectivity index (χ3n) is 8.84. The number of allylic oxidation sites excluding steroid dienone is 1. The molecule has 41 heavy (non-hydrogen) atoms. The number of para-hydroxylation sites is 1. The maximum Gasteiger partial charge on any atom is 0.311 e. The normalized spacial score (nSPS) is 33.1. The van der Waals surface area contributed by atoms with Crippen LogP contribution < -0.4 is 0 Å². The molecule has 1 aromatic carbocycles. The highest BCUT2D eigenvalue weighted by atomic mass is 32.2. The molecule has 0 bridgehead atoms. The summed E-state index contributed by atoms with van der Waals surface area (Å²) >= 11 is 1.52. The second-order valence-corrected chi connectivity index (χ2v) is 13.9. The largest absolute Gasteiger partial charge is 0.465 e. The van der Waals surface area contributed by atoms with E-state index in [9.17, 15) is 19.5 Å². The van der Waals surface area contributed by atoms with E-state index in [1.165, 1.54) is 11.8 Å². The van der Waals surface area contributed by atoms with Gasteiger partial charge in [0.05, 0.1) is 41.4 Å². The van der Waals surface area contributed by atoms with Crippen LogP contribution in [0.3, 0.4) is 0 Å². The van der Waals surface area contributed by atoms with Crippen LogP contribution in [-0.4, -0.2) is 89.0 Å². The molecule has 1 N–H and O–H groups in total. The topological polar surface area (TPSA) is 118 Å². The Bertz CT molecular complexity index is 1420. The average molecular weight is 580 g/mol. The molecule has 4 aliphatic heterocycles. The van der Waals surface area contributed by atoms with E-state index in [0.717, 1.165) is 23.9 Å². The number of cyclic esters (lactones) is 1. The Hall–Kier alpha value is -3.18. The van der Waals surface area contributed by atoms with E-state index < -0.39 is 39.4 Å². The molecule has 0 radical (unpaired) electrons. The highest BCUT2D eigenvalue weighted by Crippen LogP contribution is 2.65. The molecule has 0 aliphatic carbocycles. The minimum absolute atomic E-state index is 0.157. The third-order valence-corrected chi connectivity index (χ3v) is 10.6. The first kappa shape index (κ1) is 28.0. The number of thioether (sulfide) groups is 1. The summed E-state index contributed by atoms with van der Waals surface area (Å²) in [5.41, 5.74) is 1.53. The summed E-state index contributed by atoms with van der Waals surface area (Å²) < 4.78 is 5.66. The standard InChI is InChI=1S/C30H37N5O5S/c1-19(2)16-20(17-36)35-25-27(38)33(18-34-22-11-6-5-10-21(22)31-32-34)14-9-13-30(25)23(26(35)37)24-28(39)40-15-8-4-7-12-29(24,3)41-30/h5-7,9-13,19-20,23-25,36H,4,8,14-18H2,1-3H3/b12-7-/t20-,23+,24+,25?,29-,30+/m1/s1. The molecule has 0 saturated carbocycles. The van der Waals surface area contributed by atoms with Crippen LogP contribution in [0.25, 0.3) is 11.0 Å². The number of amides is 2. The maximum atomic E-state index is 14.7. The zero-order valence-electron chi connectivity index (χ0n) is 23.7. The highest BCUT2D eigenvalue weighted by Gasteiger charge is 2.74. The van der Waals surface area contributed by atoms with Gasteiger partial charge in [-0.05, 0) is 44.2 Å². The van der Waals surface area contributed by atoms with Crippen LogP contribution in [0.1, 0.15) is 40.0 Å². The molecule has 1 spiro atoms. The molecule has 2 aromatic rings. The van der Waals surface area contributed by atoms with Crippen molar-refractivity contribution in [1.82, 2.24) is 24.8 Å². The maximum absolute atomic E-state index is 14.7. The Morgan fingerprint density at radius 3 is 2.71 bits per heavy atom. The van der Waals surface area contributed by atoms with E-state index in [2.05, 4.69) is 16.4 Å². The average Bonchev–Trinajstić information content (AvgIpc) is 3.51. The Kier molecular flexibility index (Phi) is 7.22. The first-order chi connectivity index (χ1) is 19.7. The number of aromatic nitrogens is 3. The Balaban J connectivity index is 1.46. The number of carbonyl (C=O) groups is 3. The molecule has 2 saturated heterocycles. The van der Waals surface area contributed by atoms with Gasteiger partial charge in [0.1, 0.15) is 18.2 Å². The van der Waals surface area contributed by atoms with E-state index in [1.54, 1.807) is 14.5 Å². The molecular formula is C30H37N5O5S. The van der Waals surface area contributed by atoms with Crippen molar-refractivity contribution < 1.29 is 24.2 Å². The quantitative estimate of drug-likeness (QED) is 0.410. The van der Waals surface area contributed by atoms with Gasteiger partial charge in [0.25, 0.3) is 0 Å². The van der Waals surface area contributed by atoms with E-state index in [0.29, 0.717) is 19.6 Å². The van der Waals surface area contributed by atoms with Gasteiger partial charge < -0.3 is 19.6 Å². The zero-order valence-corrected chi connectivity index (χ0v) is 24.5. The van der Waals surface area contributed by atoms with Crippen LogP contribution in [0, 0.1) is 17.8 Å². The van der Waals surface area contributed by atoms with Crippen molar-refractivity contribution in [2.75, 3.05) is 19.8 Å². The summed E-state index contributed by atoms with van der Waals surface area (Å²) in [6.45, 7) is 6.53. The molecular weight excluding hydrogens is 542 g/mol. The molecule has 10 nitrogen and oxygen atoms in total. The molecule has 6 rings (SSSR count). The lowest BCUT2D eigenvalue weighted by Crippen LogP contribution is -2.57. The molecule has 11 heteroatoms. The summed E-state index contributed by atoms with van der Waals surface area (Å²) in [5.74, 6) is -2.28. The van der Waals surface area contributed by atoms with Crippen molar-refractivity contribution in [2.45, 2.75) is 68.3 Å². The van der Waals surface area contributed by atoms with Gasteiger partial charge in [0.15, 0.2) is 0 Å². The smallest absolute Gasteiger partial charge is 0.311 e. The number of hydrogen-bond acceptors (Lipinski definition) is 8. The summed E-state index contributed by atoms with van der Waals surface area (Å²) in [5, 5.41) is 19.1. The monoisotopic (exact) mass is 579 g/mol. The van der Waals surface area contributed by atoms with Crippen molar-refractivity contribution in [1.29, 1.82) is 0 Å². The lowest BCUT2D eigenvalue weighted by Gasteiger charge is -2.40. The molecule has 1 aromatic heterocycles. The van der Waals surface area contributed by atoms with Crippen molar-refractivity contribution in [3.63, 3.8) is 0 Å². The fraction of sp³-hybridized carbons (Fsp3) is 0.567. The molecule has 2 amide bonds. The lowest BCUT2D eigenvalue weighted by molar-refractivity contribution is -0.154. The van der Waals surface area contributed by atoms with Gasteiger partial charge in [0.2, 0.25) is 11.8 Å². The number of nitrogens with zero attached hydrogens (tertiary/aromatic N) is 5. The predicted molar refractivity (Wildman–Crippen MR) is 154 cm³/mol. The zero-order chi connectivity index (χ0) is 28.9. The number of fused-ring (bicyclic) bond motifs is 3. The molecule has 6 atom stereocenters. The Morgan fingerprint density at radius 1 is 1.12 bits per heavy atom. The molecule has 1 unspecified atom stereocenters. The van der Waals surface area contributed by atoms with Gasteiger partial charge in [-0.3, -0.25) is 14.4 Å². The number of aliphatic hydroxyl groups excluding tert-OH is 1. The summed E-state index contributed by atoms with van der Waals surface area (Å²) in [6, 6.07) is 6.11. The van der Waals surface area contributed by atoms with Gasteiger partial charge in [-0.15, -0.1) is 16.9 Å². The third kappa shape index (κ3) is 4.48. The van der Waals surface area contributed by atoms with Gasteiger partial charge >= 0.3 is 5.97 Å². The summed E-state index contributed by atoms with van der Waals surface area (Å²) in [4.78, 5) is 46.1. The predicted octanol–water partition coefficient (Wildman–Crippen LogP) is 2.77. The first-order valence-corrected chi connectivity index (χ1v) is 15.2. The first-order valence-electron chi connectivity index (χ1n) is 14.4. The van der Waals surface area contributed by atoms with Crippen LogP contribution in [0.5, 0.6) is 0 Å². The van der Waals surface area contributed by atoms with Crippen LogP contribution in [0.15, 0.2) is 48.6 Å². The molecule has 5 heterocycles. The summed E-state index contributed by atoms with van der Waals surface area (Å²) in [6.07, 6.45) is 10.0. The van der Waals surface area contributed by atoms with Gasteiger partial charge in [-0.1, -0.05) is 55.5 Å². The number of aliphatic hydroxyl groups is 1. The van der Waals surface area contributed by atoms with Crippen LogP contribution in [-0.2, 0) is 25.8 Å². The fourth-order valence-corrected chi connectivity index (χ4v) is 9.28. The van der Waals surface area contributed by atoms with Crippen molar-refractivity contribution in [3.8, 4) is 0 Å². The second kappa shape index (κ2) is 10.6. The molecule has 2 fully saturated rings. The number of rotatable bonds is 6. The highest BCUT2D eigenvalue weighted by molar-refractivity contribution is 8.02. The van der Waals surface area contributed by atoms with Crippen LogP contribution in [0.4, 0.5) is 0 Å².